The molecule has 1 unspecified atom stereocenters. The van der Waals surface area contributed by atoms with Gasteiger partial charge in [-0.2, -0.15) is 0 Å². The number of rotatable bonds is 8. The fourth-order valence-electron chi connectivity index (χ4n) is 2.62. The topological polar surface area (TPSA) is 68.7 Å². The second-order valence-corrected chi connectivity index (χ2v) is 7.48. The van der Waals surface area contributed by atoms with Crippen molar-refractivity contribution in [1.29, 1.82) is 0 Å². The van der Waals surface area contributed by atoms with Gasteiger partial charge in [-0.1, -0.05) is 30.3 Å². The van der Waals surface area contributed by atoms with E-state index in [1.54, 1.807) is 12.4 Å². The summed E-state index contributed by atoms with van der Waals surface area (Å²) in [4.78, 5) is 30.3. The van der Waals surface area contributed by atoms with Gasteiger partial charge in [-0.25, -0.2) is 14.2 Å². The normalized spacial score (nSPS) is 11.6. The predicted molar refractivity (Wildman–Crippen MR) is 111 cm³/mol. The number of thiazole rings is 1. The predicted octanol–water partition coefficient (Wildman–Crippen LogP) is 4.24. The van der Waals surface area contributed by atoms with Crippen LogP contribution in [-0.4, -0.2) is 35.4 Å². The van der Waals surface area contributed by atoms with E-state index in [0.717, 1.165) is 5.56 Å². The zero-order valence-electron chi connectivity index (χ0n) is 16.6. The molecule has 0 radical (unpaired) electrons. The molecule has 6 nitrogen and oxygen atoms in total. The molecular weight excluding hydrogens is 407 g/mol. The largest absolute Gasteiger partial charge is 0.486 e. The first-order chi connectivity index (χ1) is 14.4. The van der Waals surface area contributed by atoms with Crippen molar-refractivity contribution in [3.63, 3.8) is 0 Å². The third-order valence-electron chi connectivity index (χ3n) is 4.52. The molecule has 0 aliphatic heterocycles. The maximum Gasteiger partial charge on any atom is 0.358 e. The first-order valence-corrected chi connectivity index (χ1v) is 10.1. The van der Waals surface area contributed by atoms with E-state index < -0.39 is 5.97 Å². The van der Waals surface area contributed by atoms with E-state index in [4.69, 9.17) is 9.47 Å². The van der Waals surface area contributed by atoms with Crippen molar-refractivity contribution >= 4 is 23.2 Å². The van der Waals surface area contributed by atoms with Gasteiger partial charge in [-0.15, -0.1) is 11.3 Å². The summed E-state index contributed by atoms with van der Waals surface area (Å²) in [6, 6.07) is 15.1. The van der Waals surface area contributed by atoms with E-state index in [9.17, 15) is 14.0 Å². The van der Waals surface area contributed by atoms with Crippen LogP contribution in [0.4, 0.5) is 4.39 Å². The molecule has 0 fully saturated rings. The quantitative estimate of drug-likeness (QED) is 0.502. The molecule has 0 spiro atoms. The third-order valence-corrected chi connectivity index (χ3v) is 5.34. The Balaban J connectivity index is 1.49. The lowest BCUT2D eigenvalue weighted by molar-refractivity contribution is -0.135. The summed E-state index contributed by atoms with van der Waals surface area (Å²) >= 11 is 1.24. The molecule has 0 aliphatic carbocycles. The molecule has 30 heavy (non-hydrogen) atoms. The number of aromatic nitrogens is 1. The van der Waals surface area contributed by atoms with Crippen molar-refractivity contribution in [2.45, 2.75) is 19.6 Å². The van der Waals surface area contributed by atoms with Crippen molar-refractivity contribution in [3.8, 4) is 5.75 Å². The van der Waals surface area contributed by atoms with Gasteiger partial charge in [0, 0.05) is 12.4 Å². The maximum absolute atomic E-state index is 12.9. The van der Waals surface area contributed by atoms with Crippen LogP contribution in [0.2, 0.25) is 0 Å². The van der Waals surface area contributed by atoms with Gasteiger partial charge >= 0.3 is 5.97 Å². The number of benzene rings is 2. The summed E-state index contributed by atoms with van der Waals surface area (Å²) in [6.07, 6.45) is 0. The van der Waals surface area contributed by atoms with Crippen molar-refractivity contribution < 1.29 is 23.5 Å². The Morgan fingerprint density at radius 1 is 1.13 bits per heavy atom. The number of carbonyl (C=O) groups excluding carboxylic acids is 2. The Kier molecular flexibility index (Phi) is 7.13. The highest BCUT2D eigenvalue weighted by atomic mass is 32.1. The smallest absolute Gasteiger partial charge is 0.358 e. The minimum atomic E-state index is -0.673. The fraction of sp³-hybridized carbons (Fsp3) is 0.227. The molecule has 0 aliphatic rings. The second-order valence-electron chi connectivity index (χ2n) is 6.54. The highest BCUT2D eigenvalue weighted by Gasteiger charge is 2.20. The molecule has 1 aromatic heterocycles. The number of esters is 1. The summed E-state index contributed by atoms with van der Waals surface area (Å²) in [7, 11) is 1.67. The molecule has 1 heterocycles. The molecule has 3 rings (SSSR count). The van der Waals surface area contributed by atoms with Crippen molar-refractivity contribution in [3.05, 3.63) is 82.1 Å². The summed E-state index contributed by atoms with van der Waals surface area (Å²) in [5.74, 6) is -0.833. The fourth-order valence-corrected chi connectivity index (χ4v) is 3.30. The summed E-state index contributed by atoms with van der Waals surface area (Å²) in [5.41, 5.74) is 1.11. The van der Waals surface area contributed by atoms with Gasteiger partial charge in [0.25, 0.3) is 5.91 Å². The highest BCUT2D eigenvalue weighted by Crippen LogP contribution is 2.19. The monoisotopic (exact) mass is 428 g/mol. The van der Waals surface area contributed by atoms with E-state index >= 15 is 0 Å². The molecule has 8 heteroatoms. The van der Waals surface area contributed by atoms with Crippen molar-refractivity contribution in [2.75, 3.05) is 13.7 Å². The van der Waals surface area contributed by atoms with Crippen LogP contribution in [0.1, 0.15) is 34.0 Å². The van der Waals surface area contributed by atoms with E-state index in [0.29, 0.717) is 10.8 Å². The van der Waals surface area contributed by atoms with E-state index in [-0.39, 0.29) is 36.7 Å². The van der Waals surface area contributed by atoms with E-state index in [1.807, 2.05) is 37.3 Å². The molecule has 0 N–H and O–H groups in total. The van der Waals surface area contributed by atoms with Crippen LogP contribution in [0.3, 0.4) is 0 Å². The number of ether oxygens (including phenoxy) is 2. The number of amides is 1. The van der Waals surface area contributed by atoms with Crippen molar-refractivity contribution in [1.82, 2.24) is 9.88 Å². The molecule has 0 saturated heterocycles. The Morgan fingerprint density at radius 2 is 1.83 bits per heavy atom. The molecule has 1 atom stereocenters. The Morgan fingerprint density at radius 3 is 2.53 bits per heavy atom. The van der Waals surface area contributed by atoms with Gasteiger partial charge in [-0.3, -0.25) is 4.79 Å². The lowest BCUT2D eigenvalue weighted by atomic mass is 10.1. The third kappa shape index (κ3) is 5.64. The lowest BCUT2D eigenvalue weighted by Gasteiger charge is -2.25. The van der Waals surface area contributed by atoms with Gasteiger partial charge in [0.1, 0.15) is 23.2 Å². The van der Waals surface area contributed by atoms with E-state index in [2.05, 4.69) is 4.98 Å². The first kappa shape index (κ1) is 21.4. The van der Waals surface area contributed by atoms with Gasteiger partial charge in [0.2, 0.25) is 0 Å². The van der Waals surface area contributed by atoms with Gasteiger partial charge in [0.15, 0.2) is 12.3 Å². The highest BCUT2D eigenvalue weighted by molar-refractivity contribution is 7.09. The summed E-state index contributed by atoms with van der Waals surface area (Å²) in [5, 5.41) is 2.11. The Bertz CT molecular complexity index is 992. The Hall–Kier alpha value is -3.26. The van der Waals surface area contributed by atoms with Crippen LogP contribution in [0.5, 0.6) is 5.75 Å². The van der Waals surface area contributed by atoms with Crippen LogP contribution < -0.4 is 4.74 Å². The SMILES string of the molecule is CC(c1ccccc1)N(C)C(=O)COC(=O)c1csc(COc2ccc(F)cc2)n1. The average molecular weight is 428 g/mol. The minimum absolute atomic E-state index is 0.115. The molecule has 0 saturated carbocycles. The molecule has 3 aromatic rings. The standard InChI is InChI=1S/C22H21FN2O4S/c1-15(16-6-4-3-5-7-16)25(2)21(26)13-29-22(27)19-14-30-20(24-19)12-28-18-10-8-17(23)9-11-18/h3-11,14-15H,12-13H2,1-2H3. The molecule has 0 bridgehead atoms. The molecule has 2 aromatic carbocycles. The lowest BCUT2D eigenvalue weighted by Crippen LogP contribution is -2.33. The number of hydrogen-bond acceptors (Lipinski definition) is 6. The van der Waals surface area contributed by atoms with Gasteiger partial charge < -0.3 is 14.4 Å². The number of likely N-dealkylation sites (N-methyl/N-ethyl adjacent to an activating group) is 1. The number of halogens is 1. The molecule has 156 valence electrons. The first-order valence-electron chi connectivity index (χ1n) is 9.24. The van der Waals surface area contributed by atoms with Gasteiger partial charge in [0.05, 0.1) is 6.04 Å². The molecule has 1 amide bonds. The number of hydrogen-bond donors (Lipinski definition) is 0. The van der Waals surface area contributed by atoms with Crippen molar-refractivity contribution in [2.24, 2.45) is 0 Å². The number of carbonyl (C=O) groups is 2. The van der Waals surface area contributed by atoms with Crippen LogP contribution in [0, 0.1) is 5.82 Å². The van der Waals surface area contributed by atoms with Crippen LogP contribution in [0.25, 0.3) is 0 Å². The second kappa shape index (κ2) is 9.98. The summed E-state index contributed by atoms with van der Waals surface area (Å²) in [6.45, 7) is 1.67. The minimum Gasteiger partial charge on any atom is -0.486 e. The Labute approximate surface area is 177 Å². The van der Waals surface area contributed by atoms with E-state index in [1.165, 1.54) is 40.5 Å². The summed E-state index contributed by atoms with van der Waals surface area (Å²) < 4.78 is 23.5. The zero-order chi connectivity index (χ0) is 21.5. The maximum atomic E-state index is 12.9. The van der Waals surface area contributed by atoms with Crippen LogP contribution >= 0.6 is 11.3 Å². The average Bonchev–Trinajstić information content (AvgIpc) is 3.25. The number of nitrogens with zero attached hydrogens (tertiary/aromatic N) is 2. The van der Waals surface area contributed by atoms with Crippen LogP contribution in [-0.2, 0) is 16.1 Å². The van der Waals surface area contributed by atoms with Gasteiger partial charge in [-0.05, 0) is 36.8 Å². The molecular formula is C22H21FN2O4S. The zero-order valence-corrected chi connectivity index (χ0v) is 17.4. The van der Waals surface area contributed by atoms with Crippen LogP contribution in [0.15, 0.2) is 60.0 Å².